The van der Waals surface area contributed by atoms with Crippen LogP contribution in [-0.4, -0.2) is 11.9 Å². The maximum atomic E-state index is 3.94. The Hall–Kier alpha value is -0.700. The fourth-order valence-electron chi connectivity index (χ4n) is 0.973. The summed E-state index contributed by atoms with van der Waals surface area (Å²) < 4.78 is 1.06. The zero-order valence-corrected chi connectivity index (χ0v) is 6.75. The van der Waals surface area contributed by atoms with E-state index in [1.54, 1.807) is 0 Å². The first-order chi connectivity index (χ1) is 4.86. The third-order valence-corrected chi connectivity index (χ3v) is 1.98. The molecule has 10 heavy (non-hydrogen) atoms. The SMILES string of the molecule is BrC1=CC2=NN=C[C@@H]2C=C1. The van der Waals surface area contributed by atoms with E-state index in [0.717, 1.165) is 10.2 Å². The Morgan fingerprint density at radius 1 is 1.50 bits per heavy atom. The van der Waals surface area contributed by atoms with Gasteiger partial charge in [-0.05, 0) is 6.08 Å². The van der Waals surface area contributed by atoms with Gasteiger partial charge in [-0.25, -0.2) is 0 Å². The summed E-state index contributed by atoms with van der Waals surface area (Å²) in [6, 6.07) is 0. The molecule has 3 heteroatoms. The van der Waals surface area contributed by atoms with Crippen molar-refractivity contribution in [3.05, 3.63) is 22.7 Å². The van der Waals surface area contributed by atoms with Gasteiger partial charge in [-0.15, -0.1) is 0 Å². The first-order valence-corrected chi connectivity index (χ1v) is 3.82. The van der Waals surface area contributed by atoms with Crippen LogP contribution in [0.4, 0.5) is 0 Å². The van der Waals surface area contributed by atoms with E-state index < -0.39 is 0 Å². The summed E-state index contributed by atoms with van der Waals surface area (Å²) in [6.07, 6.45) is 7.90. The minimum absolute atomic E-state index is 0.321. The molecule has 1 aliphatic carbocycles. The number of nitrogens with zero attached hydrogens (tertiary/aromatic N) is 2. The third-order valence-electron chi connectivity index (χ3n) is 1.49. The van der Waals surface area contributed by atoms with E-state index in [2.05, 4.69) is 32.2 Å². The number of hydrogen-bond donors (Lipinski definition) is 0. The molecule has 0 aromatic carbocycles. The van der Waals surface area contributed by atoms with Gasteiger partial charge in [0.15, 0.2) is 0 Å². The highest BCUT2D eigenvalue weighted by atomic mass is 79.9. The lowest BCUT2D eigenvalue weighted by Gasteiger charge is -2.05. The Morgan fingerprint density at radius 3 is 3.30 bits per heavy atom. The number of hydrogen-bond acceptors (Lipinski definition) is 2. The van der Waals surface area contributed by atoms with Gasteiger partial charge in [0.2, 0.25) is 0 Å². The van der Waals surface area contributed by atoms with Crippen LogP contribution in [0.25, 0.3) is 0 Å². The van der Waals surface area contributed by atoms with E-state index in [0.29, 0.717) is 5.92 Å². The Balaban J connectivity index is 2.39. The topological polar surface area (TPSA) is 24.7 Å². The fourth-order valence-corrected chi connectivity index (χ4v) is 1.36. The largest absolute Gasteiger partial charge is 0.162 e. The highest BCUT2D eigenvalue weighted by Crippen LogP contribution is 2.19. The molecule has 1 atom stereocenters. The van der Waals surface area contributed by atoms with E-state index in [1.807, 2.05) is 18.4 Å². The van der Waals surface area contributed by atoms with Crippen molar-refractivity contribution in [2.75, 3.05) is 0 Å². The summed E-state index contributed by atoms with van der Waals surface area (Å²) in [5, 5.41) is 7.75. The number of halogens is 1. The minimum atomic E-state index is 0.321. The lowest BCUT2D eigenvalue weighted by molar-refractivity contribution is 1.26. The number of fused-ring (bicyclic) bond motifs is 1. The molecular formula is C7H5BrN2. The third kappa shape index (κ3) is 0.865. The summed E-state index contributed by atoms with van der Waals surface area (Å²) in [5.74, 6) is 0.321. The van der Waals surface area contributed by atoms with Crippen LogP contribution >= 0.6 is 15.9 Å². The number of rotatable bonds is 0. The van der Waals surface area contributed by atoms with E-state index >= 15 is 0 Å². The molecule has 0 radical (unpaired) electrons. The molecule has 0 fully saturated rings. The van der Waals surface area contributed by atoms with Gasteiger partial charge in [-0.3, -0.25) is 0 Å². The standard InChI is InChI=1S/C7H5BrN2/c8-6-2-1-5-4-9-10-7(5)3-6/h1-5H/t5-/m0/s1. The summed E-state index contributed by atoms with van der Waals surface area (Å²) in [5.41, 5.74) is 1.02. The van der Waals surface area contributed by atoms with Gasteiger partial charge < -0.3 is 0 Å². The second-order valence-corrected chi connectivity index (χ2v) is 3.12. The Bertz CT molecular complexity index is 273. The zero-order chi connectivity index (χ0) is 6.97. The molecule has 0 bridgehead atoms. The normalized spacial score (nSPS) is 27.9. The van der Waals surface area contributed by atoms with Crippen molar-refractivity contribution in [3.63, 3.8) is 0 Å². The van der Waals surface area contributed by atoms with Gasteiger partial charge in [0.1, 0.15) is 0 Å². The van der Waals surface area contributed by atoms with Crippen LogP contribution in [-0.2, 0) is 0 Å². The zero-order valence-electron chi connectivity index (χ0n) is 5.16. The summed E-state index contributed by atoms with van der Waals surface area (Å²) in [7, 11) is 0. The van der Waals surface area contributed by atoms with Crippen molar-refractivity contribution in [2.24, 2.45) is 16.1 Å². The molecule has 2 rings (SSSR count). The average molecular weight is 197 g/mol. The molecule has 0 N–H and O–H groups in total. The van der Waals surface area contributed by atoms with Gasteiger partial charge in [-0.1, -0.05) is 28.1 Å². The molecule has 1 heterocycles. The molecule has 0 unspecified atom stereocenters. The smallest absolute Gasteiger partial charge is 0.0764 e. The monoisotopic (exact) mass is 196 g/mol. The van der Waals surface area contributed by atoms with Crippen molar-refractivity contribution in [1.82, 2.24) is 0 Å². The van der Waals surface area contributed by atoms with E-state index in [1.165, 1.54) is 0 Å². The van der Waals surface area contributed by atoms with Crippen molar-refractivity contribution in [2.45, 2.75) is 0 Å². The van der Waals surface area contributed by atoms with Crippen molar-refractivity contribution >= 4 is 27.9 Å². The quantitative estimate of drug-likeness (QED) is 0.566. The fraction of sp³-hybridized carbons (Fsp3) is 0.143. The highest BCUT2D eigenvalue weighted by Gasteiger charge is 2.16. The molecule has 0 saturated heterocycles. The van der Waals surface area contributed by atoms with Crippen LogP contribution in [0.3, 0.4) is 0 Å². The second kappa shape index (κ2) is 2.16. The molecule has 0 aromatic heterocycles. The van der Waals surface area contributed by atoms with E-state index in [-0.39, 0.29) is 0 Å². The predicted molar refractivity (Wildman–Crippen MR) is 45.6 cm³/mol. The molecule has 0 spiro atoms. The van der Waals surface area contributed by atoms with E-state index in [4.69, 9.17) is 0 Å². The Labute approximate surface area is 67.2 Å². The molecule has 1 aliphatic heterocycles. The second-order valence-electron chi connectivity index (χ2n) is 2.20. The highest BCUT2D eigenvalue weighted by molar-refractivity contribution is 9.11. The van der Waals surface area contributed by atoms with Crippen LogP contribution in [0.15, 0.2) is 32.9 Å². The molecule has 0 amide bonds. The molecule has 2 aliphatic rings. The van der Waals surface area contributed by atoms with Crippen molar-refractivity contribution in [3.8, 4) is 0 Å². The molecule has 2 nitrogen and oxygen atoms in total. The lowest BCUT2D eigenvalue weighted by atomic mass is 10.0. The van der Waals surface area contributed by atoms with Gasteiger partial charge in [0.25, 0.3) is 0 Å². The van der Waals surface area contributed by atoms with Crippen LogP contribution < -0.4 is 0 Å². The molecule has 0 aromatic rings. The molecular weight excluding hydrogens is 192 g/mol. The van der Waals surface area contributed by atoms with Crippen molar-refractivity contribution < 1.29 is 0 Å². The summed E-state index contributed by atoms with van der Waals surface area (Å²) in [6.45, 7) is 0. The minimum Gasteiger partial charge on any atom is -0.162 e. The van der Waals surface area contributed by atoms with E-state index in [9.17, 15) is 0 Å². The first kappa shape index (κ1) is 6.04. The van der Waals surface area contributed by atoms with Gasteiger partial charge in [0, 0.05) is 10.7 Å². The summed E-state index contributed by atoms with van der Waals surface area (Å²) in [4.78, 5) is 0. The maximum absolute atomic E-state index is 3.94. The Morgan fingerprint density at radius 2 is 2.40 bits per heavy atom. The summed E-state index contributed by atoms with van der Waals surface area (Å²) >= 11 is 3.36. The van der Waals surface area contributed by atoms with Crippen LogP contribution in [0.1, 0.15) is 0 Å². The van der Waals surface area contributed by atoms with Gasteiger partial charge >= 0.3 is 0 Å². The molecule has 0 saturated carbocycles. The van der Waals surface area contributed by atoms with Crippen molar-refractivity contribution in [1.29, 1.82) is 0 Å². The van der Waals surface area contributed by atoms with Crippen LogP contribution in [0.2, 0.25) is 0 Å². The molecule has 50 valence electrons. The van der Waals surface area contributed by atoms with Gasteiger partial charge in [0.05, 0.1) is 11.6 Å². The number of allylic oxidation sites excluding steroid dienone is 4. The van der Waals surface area contributed by atoms with Crippen LogP contribution in [0, 0.1) is 5.92 Å². The Kier molecular flexibility index (Phi) is 1.31. The predicted octanol–water partition coefficient (Wildman–Crippen LogP) is 1.89. The van der Waals surface area contributed by atoms with Crippen LogP contribution in [0.5, 0.6) is 0 Å². The lowest BCUT2D eigenvalue weighted by Crippen LogP contribution is -2.09. The maximum Gasteiger partial charge on any atom is 0.0764 e. The average Bonchev–Trinajstić information content (AvgIpc) is 2.33. The first-order valence-electron chi connectivity index (χ1n) is 3.03. The van der Waals surface area contributed by atoms with Gasteiger partial charge in [-0.2, -0.15) is 10.2 Å².